The number of hydrogen-bond donors (Lipinski definition) is 1. The summed E-state index contributed by atoms with van der Waals surface area (Å²) < 4.78 is 40.4. The van der Waals surface area contributed by atoms with Gasteiger partial charge in [-0.15, -0.1) is 0 Å². The molecule has 0 radical (unpaired) electrons. The molecule has 474 valence electrons. The van der Waals surface area contributed by atoms with Gasteiger partial charge >= 0.3 is 42.3 Å². The molecule has 4 fully saturated rings. The number of Topliss-reactive ketones (excluding diaryl/α,β-unsaturated/α-hetero) is 1. The van der Waals surface area contributed by atoms with Crippen LogP contribution in [0.4, 0.5) is 19.2 Å². The number of allylic oxidation sites excluding steroid dienone is 2. The van der Waals surface area contributed by atoms with E-state index in [4.69, 9.17) is 33.2 Å². The fraction of sp³-hybridized carbons (Fsp3) is 0.797. The fourth-order valence-electron chi connectivity index (χ4n) is 14.3. The van der Waals surface area contributed by atoms with E-state index in [2.05, 4.69) is 38.7 Å². The molecule has 0 aromatic carbocycles. The zero-order valence-electron chi connectivity index (χ0n) is 54.0. The van der Waals surface area contributed by atoms with Gasteiger partial charge < -0.3 is 48.3 Å². The summed E-state index contributed by atoms with van der Waals surface area (Å²) in [6.45, 7) is 36.2. The Morgan fingerprint density at radius 2 is 1.20 bits per heavy atom. The number of alkyl carbamates (subject to hydrolysis) is 1. The second-order valence-electron chi connectivity index (χ2n) is 29.0. The van der Waals surface area contributed by atoms with Gasteiger partial charge in [-0.2, -0.15) is 0 Å². The van der Waals surface area contributed by atoms with Gasteiger partial charge in [0.2, 0.25) is 0 Å². The molecule has 20 nitrogen and oxygen atoms in total. The molecule has 5 aliphatic carbocycles. The first-order valence-electron chi connectivity index (χ1n) is 30.5. The number of carbonyl (C=O) groups excluding carboxylic acids is 9. The van der Waals surface area contributed by atoms with Gasteiger partial charge in [0.25, 0.3) is 0 Å². The lowest BCUT2D eigenvalue weighted by Gasteiger charge is -2.60. The zero-order valence-corrected chi connectivity index (χ0v) is 54.0. The summed E-state index contributed by atoms with van der Waals surface area (Å²) in [6, 6.07) is 0. The number of nitrogens with zero attached hydrogens (tertiary/aromatic N) is 3. The number of carbonyl (C=O) groups is 9. The third kappa shape index (κ3) is 16.8. The smallest absolute Gasteiger partial charge is 0.410 e. The summed E-state index contributed by atoms with van der Waals surface area (Å²) in [5.41, 5.74) is -4.28. The summed E-state index contributed by atoms with van der Waals surface area (Å²) in [4.78, 5) is 125. The molecule has 11 atom stereocenters. The molecule has 1 unspecified atom stereocenters. The topological polar surface area (TPSA) is 240 Å². The van der Waals surface area contributed by atoms with E-state index in [1.54, 1.807) is 101 Å². The number of amides is 4. The Hall–Kier alpha value is -5.69. The molecule has 1 N–H and O–H groups in total. The minimum Gasteiger partial charge on any atom is -0.464 e. The van der Waals surface area contributed by atoms with E-state index in [-0.39, 0.29) is 85.7 Å². The van der Waals surface area contributed by atoms with Crippen molar-refractivity contribution >= 4 is 53.8 Å². The van der Waals surface area contributed by atoms with E-state index in [0.717, 1.165) is 25.7 Å². The van der Waals surface area contributed by atoms with Crippen molar-refractivity contribution in [2.24, 2.45) is 51.2 Å². The number of esters is 3. The number of ether oxygens (including phenoxy) is 7. The summed E-state index contributed by atoms with van der Waals surface area (Å²) in [7, 11) is 0. The number of rotatable bonds is 23. The van der Waals surface area contributed by atoms with Gasteiger partial charge in [0.05, 0.1) is 6.61 Å². The second-order valence-corrected chi connectivity index (χ2v) is 29.0. The predicted molar refractivity (Wildman–Crippen MR) is 314 cm³/mol. The fourth-order valence-corrected chi connectivity index (χ4v) is 14.3. The van der Waals surface area contributed by atoms with Crippen molar-refractivity contribution in [1.82, 2.24) is 20.0 Å². The van der Waals surface area contributed by atoms with Crippen LogP contribution in [-0.4, -0.2) is 156 Å². The molecule has 4 amide bonds. The van der Waals surface area contributed by atoms with E-state index < -0.39 is 112 Å². The Morgan fingerprint density at radius 1 is 0.690 bits per heavy atom. The van der Waals surface area contributed by atoms with Crippen LogP contribution >= 0.6 is 0 Å². The molecular weight excluding hydrogens is 1080 g/mol. The lowest BCUT2D eigenvalue weighted by atomic mass is 9.43. The average Bonchev–Trinajstić information content (AvgIpc) is 1.47. The molecule has 5 aliphatic rings. The van der Waals surface area contributed by atoms with Gasteiger partial charge in [-0.1, -0.05) is 40.3 Å². The predicted octanol–water partition coefficient (Wildman–Crippen LogP) is 11.0. The number of hydrogen-bond acceptors (Lipinski definition) is 16. The molecule has 0 bridgehead atoms. The minimum absolute atomic E-state index is 0.0283. The van der Waals surface area contributed by atoms with Gasteiger partial charge in [-0.3, -0.25) is 28.9 Å². The van der Waals surface area contributed by atoms with E-state index in [1.807, 2.05) is 0 Å². The van der Waals surface area contributed by atoms with Crippen LogP contribution in [0.1, 0.15) is 189 Å². The van der Waals surface area contributed by atoms with Crippen molar-refractivity contribution in [2.75, 3.05) is 52.4 Å². The summed E-state index contributed by atoms with van der Waals surface area (Å²) in [5.74, 6) is -3.47. The molecule has 5 rings (SSSR count). The third-order valence-electron chi connectivity index (χ3n) is 18.1. The molecule has 0 aliphatic heterocycles. The highest BCUT2D eigenvalue weighted by Crippen LogP contribution is 2.87. The molecule has 20 heteroatoms. The highest BCUT2D eigenvalue weighted by molar-refractivity contribution is 6.00. The van der Waals surface area contributed by atoms with Gasteiger partial charge in [0.1, 0.15) is 35.1 Å². The Balaban J connectivity index is 1.24. The van der Waals surface area contributed by atoms with E-state index in [9.17, 15) is 43.2 Å². The number of fused-ring (bicyclic) bond motifs is 2. The summed E-state index contributed by atoms with van der Waals surface area (Å²) >= 11 is 0. The SMILES string of the molecule is C=C(C(=O)[C@H](OC(C)=O)C1[C@@H](OC(C)=O)C[C@@]2(C)[C@@H]3CC[C@H]4[C@H](C)C(=O)C=C[C@@]45C[C@@]35CC[C@]12C)[C@@H](C)COC(=O)CN(CCCN(CCCCN(CCCNC(=O)OC(C)(C)C)C(=O)OC(C)(C)C)C(=O)OC(C)(C)C)C(=O)OC(C)(C)C. The third-order valence-corrected chi connectivity index (χ3v) is 18.1. The van der Waals surface area contributed by atoms with Crippen LogP contribution in [0.25, 0.3) is 0 Å². The van der Waals surface area contributed by atoms with Crippen LogP contribution in [0.15, 0.2) is 24.3 Å². The first kappa shape index (κ1) is 69.1. The van der Waals surface area contributed by atoms with E-state index in [0.29, 0.717) is 38.6 Å². The Morgan fingerprint density at radius 3 is 1.73 bits per heavy atom. The molecule has 4 saturated carbocycles. The van der Waals surface area contributed by atoms with Crippen molar-refractivity contribution in [2.45, 2.75) is 223 Å². The second kappa shape index (κ2) is 26.5. The minimum atomic E-state index is -1.36. The molecular formula is C64H102N4O16. The maximum Gasteiger partial charge on any atom is 0.410 e. The molecule has 84 heavy (non-hydrogen) atoms. The molecule has 0 aromatic heterocycles. The van der Waals surface area contributed by atoms with Gasteiger partial charge in [-0.25, -0.2) is 19.2 Å². The van der Waals surface area contributed by atoms with Gasteiger partial charge in [-0.05, 0) is 192 Å². The van der Waals surface area contributed by atoms with Crippen LogP contribution in [0, 0.1) is 51.2 Å². The van der Waals surface area contributed by atoms with Gasteiger partial charge in [0, 0.05) is 70.9 Å². The Kier molecular flexibility index (Phi) is 21.8. The van der Waals surface area contributed by atoms with Crippen molar-refractivity contribution < 1.29 is 76.3 Å². The van der Waals surface area contributed by atoms with Crippen LogP contribution in [-0.2, 0) is 57.1 Å². The van der Waals surface area contributed by atoms with E-state index >= 15 is 0 Å². The van der Waals surface area contributed by atoms with Gasteiger partial charge in [0.15, 0.2) is 17.7 Å². The summed E-state index contributed by atoms with van der Waals surface area (Å²) in [6.07, 6.45) is 5.75. The lowest BCUT2D eigenvalue weighted by Crippen LogP contribution is -2.57. The number of unbranched alkanes of at least 4 members (excludes halogenated alkanes) is 1. The molecule has 2 spiro atoms. The molecule has 0 saturated heterocycles. The van der Waals surface area contributed by atoms with Crippen LogP contribution in [0.3, 0.4) is 0 Å². The highest BCUT2D eigenvalue weighted by atomic mass is 16.6. The van der Waals surface area contributed by atoms with Crippen molar-refractivity contribution in [3.63, 3.8) is 0 Å². The Labute approximate surface area is 499 Å². The molecule has 0 aromatic rings. The normalized spacial score (nSPS) is 27.6. The standard InChI is InChI=1S/C64H102N4O16/c1-40(41(2)51(73)52(80-44(5)70)50-47(79-43(4)69)36-62(19)48-25-24-45-42(3)46(71)26-27-63(45)39-64(48,63)29-28-61(50,62)18)38-78-49(72)37-68(56(77)84-60(15,16)17)35-23-34-67(55(76)83-59(12,13)14)32-21-20-31-66(54(75)82-58(9,10)11)33-22-30-65-53(74)81-57(6,7)8/h26-27,40,42,45,47-48,50,52H,2,20-25,28-39H2,1,3-19H3,(H,65,74)/t40-,42-,45-,47-,48-,50?,52+,61+,62-,63+,64-/m0/s1. The maximum atomic E-state index is 15.0. The molecule has 0 heterocycles. The van der Waals surface area contributed by atoms with Crippen molar-refractivity contribution in [3.8, 4) is 0 Å². The number of nitrogens with one attached hydrogen (secondary N) is 1. The Bertz CT molecular complexity index is 2500. The van der Waals surface area contributed by atoms with Crippen LogP contribution in [0.2, 0.25) is 0 Å². The van der Waals surface area contributed by atoms with Crippen molar-refractivity contribution in [3.05, 3.63) is 24.3 Å². The lowest BCUT2D eigenvalue weighted by molar-refractivity contribution is -0.173. The largest absolute Gasteiger partial charge is 0.464 e. The van der Waals surface area contributed by atoms with E-state index in [1.165, 1.54) is 23.6 Å². The first-order valence-corrected chi connectivity index (χ1v) is 30.5. The van der Waals surface area contributed by atoms with Crippen molar-refractivity contribution in [1.29, 1.82) is 0 Å². The monoisotopic (exact) mass is 1180 g/mol. The maximum absolute atomic E-state index is 15.0. The summed E-state index contributed by atoms with van der Waals surface area (Å²) in [5, 5.41) is 2.71. The average molecular weight is 1180 g/mol. The quantitative estimate of drug-likeness (QED) is 0.0433. The zero-order chi connectivity index (χ0) is 63.3. The highest BCUT2D eigenvalue weighted by Gasteiger charge is 2.82. The van der Waals surface area contributed by atoms with Crippen LogP contribution in [0.5, 0.6) is 0 Å². The van der Waals surface area contributed by atoms with Crippen LogP contribution < -0.4 is 5.32 Å². The number of ketones is 2. The first-order chi connectivity index (χ1) is 38.6.